The van der Waals surface area contributed by atoms with Gasteiger partial charge in [0, 0.05) is 6.54 Å². The van der Waals surface area contributed by atoms with Crippen LogP contribution in [0.25, 0.3) is 0 Å². The van der Waals surface area contributed by atoms with Crippen LogP contribution in [-0.4, -0.2) is 14.7 Å². The molecule has 0 radical (unpaired) electrons. The molecule has 1 N–H and O–H groups in total. The fraction of sp³-hybridized carbons (Fsp3) is 0.0909. The first-order chi connectivity index (χ1) is 7.31. The summed E-state index contributed by atoms with van der Waals surface area (Å²) in [4.78, 5) is 3.68. The van der Waals surface area contributed by atoms with Crippen LogP contribution in [0.5, 0.6) is 5.88 Å². The summed E-state index contributed by atoms with van der Waals surface area (Å²) < 4.78 is 1.62. The molecule has 0 aliphatic rings. The van der Waals surface area contributed by atoms with Crippen molar-refractivity contribution in [1.29, 1.82) is 5.26 Å². The van der Waals surface area contributed by atoms with Crippen LogP contribution < -0.4 is 0 Å². The van der Waals surface area contributed by atoms with Gasteiger partial charge in [0.05, 0.1) is 0 Å². The van der Waals surface area contributed by atoms with Gasteiger partial charge in [-0.3, -0.25) is 0 Å². The lowest BCUT2D eigenvalue weighted by atomic mass is 10.2. The lowest BCUT2D eigenvalue weighted by Crippen LogP contribution is -2.00. The number of aromatic nitrogens is 2. The van der Waals surface area contributed by atoms with Crippen molar-refractivity contribution in [2.24, 2.45) is 0 Å². The van der Waals surface area contributed by atoms with Crippen molar-refractivity contribution in [1.82, 2.24) is 9.55 Å². The second-order valence-corrected chi connectivity index (χ2v) is 3.14. The van der Waals surface area contributed by atoms with E-state index in [-0.39, 0.29) is 11.6 Å². The summed E-state index contributed by atoms with van der Waals surface area (Å²) >= 11 is 0. The molecule has 0 aliphatic heterocycles. The van der Waals surface area contributed by atoms with E-state index in [9.17, 15) is 5.11 Å². The number of benzene rings is 1. The third kappa shape index (κ3) is 1.81. The van der Waals surface area contributed by atoms with Gasteiger partial charge in [-0.2, -0.15) is 5.26 Å². The Hall–Kier alpha value is -2.28. The minimum atomic E-state index is -0.214. The van der Waals surface area contributed by atoms with Gasteiger partial charge in [0.2, 0.25) is 5.88 Å². The van der Waals surface area contributed by atoms with Crippen molar-refractivity contribution >= 4 is 0 Å². The van der Waals surface area contributed by atoms with Crippen LogP contribution in [-0.2, 0) is 6.54 Å². The second kappa shape index (κ2) is 3.84. The molecule has 0 spiro atoms. The van der Waals surface area contributed by atoms with Crippen molar-refractivity contribution in [3.63, 3.8) is 0 Å². The minimum Gasteiger partial charge on any atom is -0.491 e. The summed E-state index contributed by atoms with van der Waals surface area (Å²) in [5, 5.41) is 18.1. The number of hydrogen-bond donors (Lipinski definition) is 1. The average molecular weight is 199 g/mol. The molecular formula is C11H9N3O. The van der Waals surface area contributed by atoms with E-state index in [0.717, 1.165) is 5.56 Å². The van der Waals surface area contributed by atoms with Crippen LogP contribution in [0.1, 0.15) is 11.3 Å². The van der Waals surface area contributed by atoms with E-state index < -0.39 is 0 Å². The van der Waals surface area contributed by atoms with E-state index in [1.807, 2.05) is 36.4 Å². The Bertz CT molecular complexity index is 496. The zero-order valence-electron chi connectivity index (χ0n) is 7.96. The molecule has 0 aliphatic carbocycles. The number of aromatic hydroxyl groups is 1. The van der Waals surface area contributed by atoms with E-state index in [1.165, 1.54) is 6.33 Å². The van der Waals surface area contributed by atoms with Gasteiger partial charge in [-0.15, -0.1) is 0 Å². The summed E-state index contributed by atoms with van der Waals surface area (Å²) in [7, 11) is 0. The minimum absolute atomic E-state index is 0.193. The Balaban J connectivity index is 2.30. The number of hydrogen-bond acceptors (Lipinski definition) is 3. The van der Waals surface area contributed by atoms with E-state index in [2.05, 4.69) is 4.98 Å². The lowest BCUT2D eigenvalue weighted by molar-refractivity contribution is 0.453. The smallest absolute Gasteiger partial charge is 0.248 e. The van der Waals surface area contributed by atoms with Gasteiger partial charge >= 0.3 is 0 Å². The largest absolute Gasteiger partial charge is 0.491 e. The van der Waals surface area contributed by atoms with E-state index in [4.69, 9.17) is 5.26 Å². The lowest BCUT2D eigenvalue weighted by Gasteiger charge is -2.02. The molecule has 0 saturated carbocycles. The molecule has 1 heterocycles. The SMILES string of the molecule is N#Cc1c(O)ncn1Cc1ccccc1. The highest BCUT2D eigenvalue weighted by Gasteiger charge is 2.08. The number of nitrogens with zero attached hydrogens (tertiary/aromatic N) is 3. The van der Waals surface area contributed by atoms with Gasteiger partial charge in [0.15, 0.2) is 5.69 Å². The van der Waals surface area contributed by atoms with Crippen molar-refractivity contribution in [2.45, 2.75) is 6.54 Å². The molecule has 1 aromatic carbocycles. The number of rotatable bonds is 2. The molecule has 4 nitrogen and oxygen atoms in total. The van der Waals surface area contributed by atoms with Crippen molar-refractivity contribution < 1.29 is 5.11 Å². The number of imidazole rings is 1. The summed E-state index contributed by atoms with van der Waals surface area (Å²) in [6.45, 7) is 0.539. The average Bonchev–Trinajstić information content (AvgIpc) is 2.61. The topological polar surface area (TPSA) is 61.8 Å². The quantitative estimate of drug-likeness (QED) is 0.797. The molecule has 4 heteroatoms. The summed E-state index contributed by atoms with van der Waals surface area (Å²) in [5.41, 5.74) is 1.25. The van der Waals surface area contributed by atoms with Gasteiger partial charge in [0.25, 0.3) is 0 Å². The fourth-order valence-corrected chi connectivity index (χ4v) is 1.39. The monoisotopic (exact) mass is 199 g/mol. The first-order valence-corrected chi connectivity index (χ1v) is 4.49. The van der Waals surface area contributed by atoms with Gasteiger partial charge in [-0.05, 0) is 5.56 Å². The van der Waals surface area contributed by atoms with Gasteiger partial charge in [0.1, 0.15) is 12.4 Å². The Kier molecular flexibility index (Phi) is 2.38. The van der Waals surface area contributed by atoms with Gasteiger partial charge < -0.3 is 9.67 Å². The molecule has 2 aromatic rings. The normalized spacial score (nSPS) is 9.80. The molecule has 2 rings (SSSR count). The summed E-state index contributed by atoms with van der Waals surface area (Å²) in [6.07, 6.45) is 1.46. The number of nitriles is 1. The Labute approximate surface area is 87.0 Å². The first kappa shape index (κ1) is 9.28. The third-order valence-corrected chi connectivity index (χ3v) is 2.12. The zero-order chi connectivity index (χ0) is 10.7. The van der Waals surface area contributed by atoms with Crippen molar-refractivity contribution in [3.8, 4) is 11.9 Å². The van der Waals surface area contributed by atoms with Gasteiger partial charge in [-0.25, -0.2) is 4.98 Å². The van der Waals surface area contributed by atoms with Crippen LogP contribution in [0.3, 0.4) is 0 Å². The van der Waals surface area contributed by atoms with Crippen molar-refractivity contribution in [2.75, 3.05) is 0 Å². The predicted molar refractivity (Wildman–Crippen MR) is 54.2 cm³/mol. The zero-order valence-corrected chi connectivity index (χ0v) is 7.96. The summed E-state index contributed by atoms with van der Waals surface area (Å²) in [6, 6.07) is 11.6. The molecule has 0 amide bonds. The standard InChI is InChI=1S/C11H9N3O/c12-6-10-11(15)13-8-14(10)7-9-4-2-1-3-5-9/h1-5,8,15H,7H2. The molecule has 0 bridgehead atoms. The first-order valence-electron chi connectivity index (χ1n) is 4.49. The van der Waals surface area contributed by atoms with Crippen molar-refractivity contribution in [3.05, 3.63) is 47.9 Å². The highest BCUT2D eigenvalue weighted by atomic mass is 16.3. The van der Waals surface area contributed by atoms with E-state index >= 15 is 0 Å². The highest BCUT2D eigenvalue weighted by Crippen LogP contribution is 2.14. The van der Waals surface area contributed by atoms with Crippen LogP contribution in [0.15, 0.2) is 36.7 Å². The van der Waals surface area contributed by atoms with E-state index in [0.29, 0.717) is 6.54 Å². The molecule has 0 saturated heterocycles. The highest BCUT2D eigenvalue weighted by molar-refractivity contribution is 5.32. The third-order valence-electron chi connectivity index (χ3n) is 2.12. The molecule has 1 aromatic heterocycles. The fourth-order valence-electron chi connectivity index (χ4n) is 1.39. The van der Waals surface area contributed by atoms with Crippen LogP contribution >= 0.6 is 0 Å². The molecule has 0 atom stereocenters. The maximum atomic E-state index is 9.25. The Morgan fingerprint density at radius 2 is 2.07 bits per heavy atom. The van der Waals surface area contributed by atoms with Gasteiger partial charge in [-0.1, -0.05) is 30.3 Å². The second-order valence-electron chi connectivity index (χ2n) is 3.14. The maximum Gasteiger partial charge on any atom is 0.248 e. The Morgan fingerprint density at radius 1 is 1.33 bits per heavy atom. The molecular weight excluding hydrogens is 190 g/mol. The van der Waals surface area contributed by atoms with E-state index in [1.54, 1.807) is 4.57 Å². The molecule has 0 fully saturated rings. The van der Waals surface area contributed by atoms with Crippen LogP contribution in [0, 0.1) is 11.3 Å². The molecule has 15 heavy (non-hydrogen) atoms. The van der Waals surface area contributed by atoms with Crippen LogP contribution in [0.2, 0.25) is 0 Å². The summed E-state index contributed by atoms with van der Waals surface area (Å²) in [5.74, 6) is -0.214. The predicted octanol–water partition coefficient (Wildman–Crippen LogP) is 1.51. The Morgan fingerprint density at radius 3 is 2.73 bits per heavy atom. The van der Waals surface area contributed by atoms with Crippen LogP contribution in [0.4, 0.5) is 0 Å². The molecule has 74 valence electrons. The maximum absolute atomic E-state index is 9.25. The molecule has 0 unspecified atom stereocenters.